The van der Waals surface area contributed by atoms with Gasteiger partial charge < -0.3 is 10.0 Å². The summed E-state index contributed by atoms with van der Waals surface area (Å²) in [5, 5.41) is 13.7. The van der Waals surface area contributed by atoms with Crippen molar-refractivity contribution < 1.29 is 5.11 Å². The van der Waals surface area contributed by atoms with Crippen LogP contribution in [0.3, 0.4) is 0 Å². The molecule has 126 valence electrons. The number of aliphatic hydroxyl groups excluding tert-OH is 1. The van der Waals surface area contributed by atoms with Gasteiger partial charge >= 0.3 is 0 Å². The van der Waals surface area contributed by atoms with Crippen molar-refractivity contribution in [3.63, 3.8) is 0 Å². The monoisotopic (exact) mass is 308 g/mol. The van der Waals surface area contributed by atoms with Gasteiger partial charge in [-0.1, -0.05) is 0 Å². The van der Waals surface area contributed by atoms with Crippen LogP contribution in [0.4, 0.5) is 0 Å². The molecule has 2 heterocycles. The second-order valence-corrected chi connectivity index (χ2v) is 6.87. The van der Waals surface area contributed by atoms with Crippen LogP contribution < -0.4 is 0 Å². The van der Waals surface area contributed by atoms with Crippen LogP contribution >= 0.6 is 0 Å². The molecule has 2 rings (SSSR count). The molecule has 0 saturated carbocycles. The summed E-state index contributed by atoms with van der Waals surface area (Å²) in [4.78, 5) is 5.05. The number of likely N-dealkylation sites (tertiary alicyclic amines) is 1. The highest BCUT2D eigenvalue weighted by Gasteiger charge is 2.25. The molecule has 0 atom stereocenters. The number of hydrogen-bond acceptors (Lipinski definition) is 4. The van der Waals surface area contributed by atoms with Gasteiger partial charge in [-0.2, -0.15) is 5.10 Å². The number of aryl methyl sites for hydroxylation is 1. The summed E-state index contributed by atoms with van der Waals surface area (Å²) in [7, 11) is 2.23. The normalized spacial score (nSPS) is 17.8. The molecule has 22 heavy (non-hydrogen) atoms. The molecule has 0 aromatic carbocycles. The Morgan fingerprint density at radius 3 is 2.45 bits per heavy atom. The van der Waals surface area contributed by atoms with Gasteiger partial charge in [0.2, 0.25) is 0 Å². The van der Waals surface area contributed by atoms with E-state index in [2.05, 4.69) is 49.6 Å². The highest BCUT2D eigenvalue weighted by Crippen LogP contribution is 2.21. The molecule has 0 amide bonds. The van der Waals surface area contributed by atoms with Gasteiger partial charge in [0.1, 0.15) is 0 Å². The van der Waals surface area contributed by atoms with Crippen molar-refractivity contribution in [2.24, 2.45) is 0 Å². The van der Waals surface area contributed by atoms with Gasteiger partial charge in [-0.15, -0.1) is 0 Å². The minimum absolute atomic E-state index is 0.144. The number of aliphatic hydroxyl groups is 1. The van der Waals surface area contributed by atoms with E-state index in [9.17, 15) is 0 Å². The quantitative estimate of drug-likeness (QED) is 0.870. The Morgan fingerprint density at radius 2 is 1.91 bits per heavy atom. The highest BCUT2D eigenvalue weighted by molar-refractivity contribution is 5.24. The van der Waals surface area contributed by atoms with E-state index in [1.54, 1.807) is 0 Å². The zero-order chi connectivity index (χ0) is 16.3. The SMILES string of the molecule is Cc1nn(CCO)c(C)c1CN(C)C1CCN(C(C)C)CC1. The van der Waals surface area contributed by atoms with Gasteiger partial charge in [-0.25, -0.2) is 0 Å². The third-order valence-corrected chi connectivity index (χ3v) is 5.10. The third kappa shape index (κ3) is 3.89. The number of rotatable bonds is 6. The summed E-state index contributed by atoms with van der Waals surface area (Å²) in [5.74, 6) is 0. The molecular weight excluding hydrogens is 276 g/mol. The smallest absolute Gasteiger partial charge is 0.0644 e. The molecule has 0 aliphatic carbocycles. The number of nitrogens with zero attached hydrogens (tertiary/aromatic N) is 4. The van der Waals surface area contributed by atoms with E-state index < -0.39 is 0 Å². The van der Waals surface area contributed by atoms with Crippen molar-refractivity contribution in [3.05, 3.63) is 17.0 Å². The minimum Gasteiger partial charge on any atom is -0.394 e. The van der Waals surface area contributed by atoms with E-state index in [1.165, 1.54) is 37.2 Å². The molecule has 1 fully saturated rings. The van der Waals surface area contributed by atoms with E-state index in [0.29, 0.717) is 18.6 Å². The second-order valence-electron chi connectivity index (χ2n) is 6.87. The molecule has 5 nitrogen and oxygen atoms in total. The zero-order valence-corrected chi connectivity index (χ0v) is 14.8. The van der Waals surface area contributed by atoms with Crippen LogP contribution in [0, 0.1) is 13.8 Å². The Morgan fingerprint density at radius 1 is 1.27 bits per heavy atom. The molecule has 1 aliphatic rings. The van der Waals surface area contributed by atoms with Gasteiger partial charge in [0.05, 0.1) is 18.8 Å². The summed E-state index contributed by atoms with van der Waals surface area (Å²) >= 11 is 0. The van der Waals surface area contributed by atoms with E-state index in [1.807, 2.05) is 4.68 Å². The molecule has 1 N–H and O–H groups in total. The lowest BCUT2D eigenvalue weighted by atomic mass is 10.0. The van der Waals surface area contributed by atoms with Crippen molar-refractivity contribution in [1.29, 1.82) is 0 Å². The van der Waals surface area contributed by atoms with Gasteiger partial charge in [-0.05, 0) is 60.7 Å². The maximum absolute atomic E-state index is 9.12. The Kier molecular flexibility index (Phi) is 6.01. The fourth-order valence-electron chi connectivity index (χ4n) is 3.50. The number of piperidine rings is 1. The molecular formula is C17H32N4O. The Balaban J connectivity index is 1.96. The summed E-state index contributed by atoms with van der Waals surface area (Å²) in [5.41, 5.74) is 3.61. The van der Waals surface area contributed by atoms with Crippen molar-refractivity contribution in [3.8, 4) is 0 Å². The zero-order valence-electron chi connectivity index (χ0n) is 14.8. The van der Waals surface area contributed by atoms with E-state index in [-0.39, 0.29) is 6.61 Å². The van der Waals surface area contributed by atoms with Gasteiger partial charge in [0, 0.05) is 29.9 Å². The molecule has 5 heteroatoms. The summed E-state index contributed by atoms with van der Waals surface area (Å²) in [6.07, 6.45) is 2.50. The molecule has 1 aromatic rings. The van der Waals surface area contributed by atoms with Gasteiger partial charge in [-0.3, -0.25) is 9.58 Å². The van der Waals surface area contributed by atoms with Crippen LogP contribution in [-0.2, 0) is 13.1 Å². The van der Waals surface area contributed by atoms with Crippen molar-refractivity contribution in [1.82, 2.24) is 19.6 Å². The van der Waals surface area contributed by atoms with Crippen LogP contribution in [-0.4, -0.2) is 63.5 Å². The third-order valence-electron chi connectivity index (χ3n) is 5.10. The summed E-state index contributed by atoms with van der Waals surface area (Å²) < 4.78 is 1.93. The lowest BCUT2D eigenvalue weighted by Crippen LogP contribution is -2.45. The van der Waals surface area contributed by atoms with E-state index in [4.69, 9.17) is 5.11 Å². The van der Waals surface area contributed by atoms with Crippen LogP contribution in [0.2, 0.25) is 0 Å². The molecule has 1 aliphatic heterocycles. The topological polar surface area (TPSA) is 44.5 Å². The van der Waals surface area contributed by atoms with Crippen LogP contribution in [0.25, 0.3) is 0 Å². The fraction of sp³-hybridized carbons (Fsp3) is 0.824. The van der Waals surface area contributed by atoms with Crippen molar-refractivity contribution in [2.75, 3.05) is 26.7 Å². The highest BCUT2D eigenvalue weighted by atomic mass is 16.3. The Hall–Kier alpha value is -0.910. The maximum atomic E-state index is 9.12. The predicted molar refractivity (Wildman–Crippen MR) is 90.0 cm³/mol. The summed E-state index contributed by atoms with van der Waals surface area (Å²) in [6.45, 7) is 12.8. The first kappa shape index (κ1) is 17.4. The predicted octanol–water partition coefficient (Wildman–Crippen LogP) is 1.80. The molecule has 0 bridgehead atoms. The molecule has 0 unspecified atom stereocenters. The van der Waals surface area contributed by atoms with Crippen LogP contribution in [0.15, 0.2) is 0 Å². The van der Waals surface area contributed by atoms with E-state index >= 15 is 0 Å². The summed E-state index contributed by atoms with van der Waals surface area (Å²) in [6, 6.07) is 1.32. The first-order chi connectivity index (χ1) is 10.4. The second kappa shape index (κ2) is 7.57. The van der Waals surface area contributed by atoms with E-state index in [0.717, 1.165) is 12.2 Å². The fourth-order valence-corrected chi connectivity index (χ4v) is 3.50. The average Bonchev–Trinajstić information content (AvgIpc) is 2.75. The first-order valence-electron chi connectivity index (χ1n) is 8.52. The van der Waals surface area contributed by atoms with Gasteiger partial charge in [0.15, 0.2) is 0 Å². The molecule has 1 aromatic heterocycles. The molecule has 1 saturated heterocycles. The Bertz CT molecular complexity index is 475. The Labute approximate surface area is 134 Å². The molecule has 0 radical (unpaired) electrons. The maximum Gasteiger partial charge on any atom is 0.0644 e. The standard InChI is InChI=1S/C17H32N4O/c1-13(2)20-8-6-16(7-9-20)19(5)12-17-14(3)18-21(10-11-22)15(17)4/h13,16,22H,6-12H2,1-5H3. The largest absolute Gasteiger partial charge is 0.394 e. The van der Waals surface area contributed by atoms with Crippen molar-refractivity contribution in [2.45, 2.75) is 65.7 Å². The average molecular weight is 308 g/mol. The molecule has 0 spiro atoms. The van der Waals surface area contributed by atoms with Crippen molar-refractivity contribution >= 4 is 0 Å². The first-order valence-corrected chi connectivity index (χ1v) is 8.52. The minimum atomic E-state index is 0.144. The lowest BCUT2D eigenvalue weighted by molar-refractivity contribution is 0.104. The lowest BCUT2D eigenvalue weighted by Gasteiger charge is -2.38. The number of aromatic nitrogens is 2. The van der Waals surface area contributed by atoms with Crippen LogP contribution in [0.1, 0.15) is 43.6 Å². The van der Waals surface area contributed by atoms with Crippen LogP contribution in [0.5, 0.6) is 0 Å². The number of hydrogen-bond donors (Lipinski definition) is 1. The van der Waals surface area contributed by atoms with Gasteiger partial charge in [0.25, 0.3) is 0 Å².